The number of nitrogens with two attached hydrogens (primary N) is 1. The van der Waals surface area contributed by atoms with Gasteiger partial charge in [0.25, 0.3) is 5.91 Å². The number of amides is 1. The summed E-state index contributed by atoms with van der Waals surface area (Å²) in [6.45, 7) is 0. The number of anilines is 2. The van der Waals surface area contributed by atoms with Crippen molar-refractivity contribution in [1.29, 1.82) is 0 Å². The van der Waals surface area contributed by atoms with Crippen molar-refractivity contribution in [3.63, 3.8) is 0 Å². The van der Waals surface area contributed by atoms with E-state index in [-0.39, 0.29) is 12.0 Å². The third kappa shape index (κ3) is 2.12. The average Bonchev–Trinajstić information content (AvgIpc) is 2.70. The lowest BCUT2D eigenvalue weighted by molar-refractivity contribution is 0.0962. The van der Waals surface area contributed by atoms with Crippen LogP contribution in [0.3, 0.4) is 0 Å². The van der Waals surface area contributed by atoms with Crippen molar-refractivity contribution in [2.45, 2.75) is 43.9 Å². The zero-order chi connectivity index (χ0) is 14.3. The lowest BCUT2D eigenvalue weighted by atomic mass is 9.98. The van der Waals surface area contributed by atoms with Crippen molar-refractivity contribution in [3.8, 4) is 0 Å². The van der Waals surface area contributed by atoms with Crippen LogP contribution >= 0.6 is 0 Å². The van der Waals surface area contributed by atoms with Gasteiger partial charge in [-0.1, -0.05) is 0 Å². The first-order valence-corrected chi connectivity index (χ1v) is 7.18. The molecule has 0 saturated carbocycles. The first kappa shape index (κ1) is 13.2. The Morgan fingerprint density at radius 2 is 2.00 bits per heavy atom. The van der Waals surface area contributed by atoms with Crippen LogP contribution in [0.15, 0.2) is 18.2 Å². The quantitative estimate of drug-likeness (QED) is 0.707. The van der Waals surface area contributed by atoms with E-state index in [1.807, 2.05) is 6.07 Å². The van der Waals surface area contributed by atoms with Crippen molar-refractivity contribution < 1.29 is 9.90 Å². The van der Waals surface area contributed by atoms with Crippen molar-refractivity contribution in [3.05, 3.63) is 23.8 Å². The largest absolute Gasteiger partial charge is 0.397 e. The van der Waals surface area contributed by atoms with Crippen molar-refractivity contribution in [1.82, 2.24) is 5.32 Å². The van der Waals surface area contributed by atoms with E-state index >= 15 is 0 Å². The molecule has 0 radical (unpaired) electrons. The number of aliphatic hydroxyl groups excluding tert-OH is 1. The van der Waals surface area contributed by atoms with Crippen LogP contribution < -0.4 is 16.0 Å². The number of carbonyl (C=O) groups excluding carboxylic acids is 1. The monoisotopic (exact) mass is 275 g/mol. The van der Waals surface area contributed by atoms with Crippen LogP contribution in [0, 0.1) is 0 Å². The number of nitrogens with one attached hydrogen (secondary N) is 1. The van der Waals surface area contributed by atoms with Crippen LogP contribution in [-0.2, 0) is 0 Å². The van der Waals surface area contributed by atoms with Crippen LogP contribution in [0.2, 0.25) is 0 Å². The number of aliphatic hydroxyl groups is 1. The van der Waals surface area contributed by atoms with E-state index < -0.39 is 0 Å². The minimum Gasteiger partial charge on any atom is -0.397 e. The summed E-state index contributed by atoms with van der Waals surface area (Å²) in [5, 5.41) is 12.5. The molecule has 2 bridgehead atoms. The number of nitrogens with zero attached hydrogens (tertiary/aromatic N) is 1. The summed E-state index contributed by atoms with van der Waals surface area (Å²) in [5.41, 5.74) is 8.38. The first-order chi connectivity index (χ1) is 9.60. The topological polar surface area (TPSA) is 78.6 Å². The third-order valence-electron chi connectivity index (χ3n) is 4.51. The van der Waals surface area contributed by atoms with Crippen molar-refractivity contribution in [2.75, 3.05) is 17.7 Å². The fourth-order valence-electron chi connectivity index (χ4n) is 3.59. The summed E-state index contributed by atoms with van der Waals surface area (Å²) in [6, 6.07) is 6.09. The molecule has 5 nitrogen and oxygen atoms in total. The molecule has 1 aromatic carbocycles. The molecule has 2 saturated heterocycles. The molecule has 2 heterocycles. The maximum atomic E-state index is 11.8. The van der Waals surface area contributed by atoms with Crippen molar-refractivity contribution in [2.24, 2.45) is 0 Å². The van der Waals surface area contributed by atoms with E-state index in [4.69, 9.17) is 5.73 Å². The number of fused-ring (bicyclic) bond motifs is 2. The lowest BCUT2D eigenvalue weighted by Gasteiger charge is -2.39. The van der Waals surface area contributed by atoms with Gasteiger partial charge in [0.05, 0.1) is 17.5 Å². The standard InChI is InChI=1S/C15H21N3O2/c1-17-15(20)9-2-5-13(16)14(6-9)18-10-3-4-11(18)8-12(19)7-10/h2,5-6,10-12,19H,3-4,7-8,16H2,1H3,(H,17,20). The molecule has 2 atom stereocenters. The maximum absolute atomic E-state index is 11.8. The van der Waals surface area contributed by atoms with Crippen LogP contribution in [0.25, 0.3) is 0 Å². The summed E-state index contributed by atoms with van der Waals surface area (Å²) >= 11 is 0. The predicted octanol–water partition coefficient (Wildman–Crippen LogP) is 1.12. The Bertz CT molecular complexity index is 518. The number of carbonyl (C=O) groups is 1. The second-order valence-corrected chi connectivity index (χ2v) is 5.77. The molecule has 2 aliphatic heterocycles. The highest BCUT2D eigenvalue weighted by molar-refractivity contribution is 5.96. The number of piperidine rings is 1. The molecule has 5 heteroatoms. The highest BCUT2D eigenvalue weighted by Crippen LogP contribution is 2.41. The molecule has 2 fully saturated rings. The summed E-state index contributed by atoms with van der Waals surface area (Å²) in [5.74, 6) is -0.101. The molecule has 0 spiro atoms. The van der Waals surface area contributed by atoms with Gasteiger partial charge < -0.3 is 21.1 Å². The highest BCUT2D eigenvalue weighted by atomic mass is 16.3. The van der Waals surface area contributed by atoms with Gasteiger partial charge in [0.1, 0.15) is 0 Å². The van der Waals surface area contributed by atoms with E-state index in [2.05, 4.69) is 10.2 Å². The lowest BCUT2D eigenvalue weighted by Crippen LogP contribution is -2.45. The minimum absolute atomic E-state index is 0.101. The SMILES string of the molecule is CNC(=O)c1ccc(N)c(N2C3CCC2CC(O)C3)c1. The molecule has 2 unspecified atom stereocenters. The Morgan fingerprint density at radius 3 is 2.60 bits per heavy atom. The van der Waals surface area contributed by atoms with Gasteiger partial charge in [-0.3, -0.25) is 4.79 Å². The van der Waals surface area contributed by atoms with Gasteiger partial charge in [0.2, 0.25) is 0 Å². The molecule has 0 aliphatic carbocycles. The zero-order valence-electron chi connectivity index (χ0n) is 11.7. The number of hydrogen-bond donors (Lipinski definition) is 3. The van der Waals surface area contributed by atoms with Gasteiger partial charge in [0, 0.05) is 24.7 Å². The van der Waals surface area contributed by atoms with E-state index in [9.17, 15) is 9.90 Å². The molecular formula is C15H21N3O2. The predicted molar refractivity (Wildman–Crippen MR) is 78.8 cm³/mol. The first-order valence-electron chi connectivity index (χ1n) is 7.18. The van der Waals surface area contributed by atoms with Gasteiger partial charge in [-0.2, -0.15) is 0 Å². The fourth-order valence-corrected chi connectivity index (χ4v) is 3.59. The second-order valence-electron chi connectivity index (χ2n) is 5.77. The molecular weight excluding hydrogens is 254 g/mol. The molecule has 1 amide bonds. The summed E-state index contributed by atoms with van der Waals surface area (Å²) in [7, 11) is 1.62. The Hall–Kier alpha value is -1.75. The molecule has 1 aromatic rings. The minimum atomic E-state index is -0.202. The van der Waals surface area contributed by atoms with Gasteiger partial charge in [-0.25, -0.2) is 0 Å². The van der Waals surface area contributed by atoms with E-state index in [1.165, 1.54) is 0 Å². The Kier molecular flexibility index (Phi) is 3.30. The normalized spacial score (nSPS) is 28.5. The Balaban J connectivity index is 1.96. The molecule has 108 valence electrons. The smallest absolute Gasteiger partial charge is 0.251 e. The number of rotatable bonds is 2. The maximum Gasteiger partial charge on any atom is 0.251 e. The van der Waals surface area contributed by atoms with E-state index in [0.29, 0.717) is 23.3 Å². The van der Waals surface area contributed by atoms with Crippen LogP contribution in [-0.4, -0.2) is 36.2 Å². The molecule has 2 aliphatic rings. The van der Waals surface area contributed by atoms with Crippen LogP contribution in [0.4, 0.5) is 11.4 Å². The highest BCUT2D eigenvalue weighted by Gasteiger charge is 2.40. The van der Waals surface area contributed by atoms with Gasteiger partial charge >= 0.3 is 0 Å². The number of benzene rings is 1. The Labute approximate surface area is 118 Å². The van der Waals surface area contributed by atoms with Crippen LogP contribution in [0.1, 0.15) is 36.0 Å². The van der Waals surface area contributed by atoms with E-state index in [1.54, 1.807) is 19.2 Å². The summed E-state index contributed by atoms with van der Waals surface area (Å²) in [6.07, 6.45) is 3.56. The average molecular weight is 275 g/mol. The third-order valence-corrected chi connectivity index (χ3v) is 4.51. The number of hydrogen-bond acceptors (Lipinski definition) is 4. The second kappa shape index (κ2) is 4.98. The van der Waals surface area contributed by atoms with Gasteiger partial charge in [-0.15, -0.1) is 0 Å². The van der Waals surface area contributed by atoms with E-state index in [0.717, 1.165) is 31.4 Å². The van der Waals surface area contributed by atoms with Crippen molar-refractivity contribution >= 4 is 17.3 Å². The number of nitrogen functional groups attached to an aromatic ring is 1. The fraction of sp³-hybridized carbons (Fsp3) is 0.533. The molecule has 3 rings (SSSR count). The molecule has 4 N–H and O–H groups in total. The van der Waals surface area contributed by atoms with Gasteiger partial charge in [-0.05, 0) is 43.9 Å². The summed E-state index contributed by atoms with van der Waals surface area (Å²) in [4.78, 5) is 14.1. The Morgan fingerprint density at radius 1 is 1.35 bits per heavy atom. The molecule has 0 aromatic heterocycles. The van der Waals surface area contributed by atoms with Crippen LogP contribution in [0.5, 0.6) is 0 Å². The molecule has 20 heavy (non-hydrogen) atoms. The van der Waals surface area contributed by atoms with Gasteiger partial charge in [0.15, 0.2) is 0 Å². The zero-order valence-corrected chi connectivity index (χ0v) is 11.7. The summed E-state index contributed by atoms with van der Waals surface area (Å²) < 4.78 is 0.